The van der Waals surface area contributed by atoms with E-state index in [1.807, 2.05) is 53.2 Å². The molecule has 1 aromatic heterocycles. The minimum atomic E-state index is -0.246. The Kier molecular flexibility index (Phi) is 7.08. The number of halogens is 1. The predicted molar refractivity (Wildman–Crippen MR) is 135 cm³/mol. The van der Waals surface area contributed by atoms with Crippen molar-refractivity contribution in [1.29, 1.82) is 0 Å². The molecular weight excluding hydrogens is 459 g/mol. The van der Waals surface area contributed by atoms with Gasteiger partial charge in [-0.25, -0.2) is 9.07 Å². The van der Waals surface area contributed by atoms with Gasteiger partial charge in [-0.1, -0.05) is 30.3 Å². The third-order valence-corrected chi connectivity index (χ3v) is 6.58. The van der Waals surface area contributed by atoms with E-state index in [-0.39, 0.29) is 11.9 Å². The average molecular weight is 489 g/mol. The van der Waals surface area contributed by atoms with Crippen molar-refractivity contribution in [3.8, 4) is 11.5 Å². The van der Waals surface area contributed by atoms with Crippen molar-refractivity contribution in [3.63, 3.8) is 0 Å². The van der Waals surface area contributed by atoms with Crippen LogP contribution in [0.2, 0.25) is 0 Å². The van der Waals surface area contributed by atoms with E-state index in [1.54, 1.807) is 14.2 Å². The van der Waals surface area contributed by atoms with Gasteiger partial charge in [0.1, 0.15) is 23.4 Å². The van der Waals surface area contributed by atoms with Gasteiger partial charge in [0, 0.05) is 37.4 Å². The van der Waals surface area contributed by atoms with Crippen molar-refractivity contribution in [2.24, 2.45) is 0 Å². The Labute approximate surface area is 209 Å². The Balaban J connectivity index is 1.49. The van der Waals surface area contributed by atoms with Crippen molar-refractivity contribution >= 4 is 5.69 Å². The fraction of sp³-hybridized carbons (Fsp3) is 0.296. The van der Waals surface area contributed by atoms with Crippen LogP contribution in [0.5, 0.6) is 11.5 Å². The third kappa shape index (κ3) is 5.01. The maximum Gasteiger partial charge on any atom is 0.173 e. The topological polar surface area (TPSA) is 68.5 Å². The van der Waals surface area contributed by atoms with E-state index in [2.05, 4.69) is 37.5 Å². The average Bonchev–Trinajstić information content (AvgIpc) is 3.37. The van der Waals surface area contributed by atoms with E-state index in [0.717, 1.165) is 60.3 Å². The summed E-state index contributed by atoms with van der Waals surface area (Å²) in [6.07, 6.45) is 0. The second-order valence-electron chi connectivity index (χ2n) is 8.69. The number of aromatic nitrogens is 4. The van der Waals surface area contributed by atoms with Gasteiger partial charge in [0.15, 0.2) is 5.82 Å². The number of anilines is 1. The molecule has 8 nitrogen and oxygen atoms in total. The Morgan fingerprint density at radius 1 is 0.889 bits per heavy atom. The van der Waals surface area contributed by atoms with Gasteiger partial charge in [-0.05, 0) is 58.5 Å². The fourth-order valence-corrected chi connectivity index (χ4v) is 4.72. The highest BCUT2D eigenvalue weighted by Gasteiger charge is 2.33. The van der Waals surface area contributed by atoms with Gasteiger partial charge in [0.25, 0.3) is 0 Å². The first-order valence-electron chi connectivity index (χ1n) is 11.9. The number of piperazine rings is 1. The van der Waals surface area contributed by atoms with Crippen LogP contribution in [0.15, 0.2) is 72.8 Å². The highest BCUT2D eigenvalue weighted by Crippen LogP contribution is 2.37. The summed E-state index contributed by atoms with van der Waals surface area (Å²) in [6, 6.07) is 22.4. The first-order valence-corrected chi connectivity index (χ1v) is 11.9. The minimum absolute atomic E-state index is 0.229. The molecule has 186 valence electrons. The van der Waals surface area contributed by atoms with Crippen LogP contribution in [-0.4, -0.2) is 65.5 Å². The number of benzene rings is 3. The monoisotopic (exact) mass is 488 g/mol. The lowest BCUT2D eigenvalue weighted by atomic mass is 10.0. The van der Waals surface area contributed by atoms with E-state index in [4.69, 9.17) is 9.47 Å². The lowest BCUT2D eigenvalue weighted by molar-refractivity contribution is 0.197. The normalized spacial score (nSPS) is 15.0. The molecule has 36 heavy (non-hydrogen) atoms. The van der Waals surface area contributed by atoms with Crippen LogP contribution in [0.25, 0.3) is 0 Å². The molecule has 0 spiro atoms. The second-order valence-corrected chi connectivity index (χ2v) is 8.69. The van der Waals surface area contributed by atoms with Crippen molar-refractivity contribution in [1.82, 2.24) is 25.1 Å². The lowest BCUT2D eigenvalue weighted by Crippen LogP contribution is -2.48. The summed E-state index contributed by atoms with van der Waals surface area (Å²) in [4.78, 5) is 4.63. The summed E-state index contributed by atoms with van der Waals surface area (Å²) >= 11 is 0. The Morgan fingerprint density at radius 3 is 2.33 bits per heavy atom. The zero-order valence-electron chi connectivity index (χ0n) is 20.4. The summed E-state index contributed by atoms with van der Waals surface area (Å²) in [7, 11) is 3.32. The van der Waals surface area contributed by atoms with Crippen LogP contribution in [0.3, 0.4) is 0 Å². The largest absolute Gasteiger partial charge is 0.497 e. The van der Waals surface area contributed by atoms with Crippen molar-refractivity contribution in [3.05, 3.63) is 95.6 Å². The molecule has 0 radical (unpaired) electrons. The lowest BCUT2D eigenvalue weighted by Gasteiger charge is -2.40. The van der Waals surface area contributed by atoms with Crippen LogP contribution in [0, 0.1) is 5.82 Å². The molecule has 1 saturated heterocycles. The van der Waals surface area contributed by atoms with Gasteiger partial charge >= 0.3 is 0 Å². The smallest absolute Gasteiger partial charge is 0.173 e. The molecule has 1 aliphatic rings. The number of tetrazole rings is 1. The predicted octanol–water partition coefficient (Wildman–Crippen LogP) is 3.79. The van der Waals surface area contributed by atoms with Crippen molar-refractivity contribution in [2.45, 2.75) is 12.6 Å². The van der Waals surface area contributed by atoms with Gasteiger partial charge in [0.2, 0.25) is 0 Å². The molecular formula is C27H29FN6O2. The number of hydrogen-bond donors (Lipinski definition) is 0. The summed E-state index contributed by atoms with van der Waals surface area (Å²) in [6.45, 7) is 3.66. The van der Waals surface area contributed by atoms with E-state index >= 15 is 0 Å². The van der Waals surface area contributed by atoms with Crippen LogP contribution >= 0.6 is 0 Å². The molecule has 0 N–H and O–H groups in total. The van der Waals surface area contributed by atoms with E-state index in [1.165, 1.54) is 12.1 Å². The first kappa shape index (κ1) is 23.7. The van der Waals surface area contributed by atoms with E-state index in [0.29, 0.717) is 6.54 Å². The Morgan fingerprint density at radius 2 is 1.64 bits per heavy atom. The Hall–Kier alpha value is -3.98. The molecule has 5 rings (SSSR count). The minimum Gasteiger partial charge on any atom is -0.497 e. The summed E-state index contributed by atoms with van der Waals surface area (Å²) in [5, 5.41) is 12.9. The molecule has 1 aliphatic heterocycles. The Bertz CT molecular complexity index is 1270. The van der Waals surface area contributed by atoms with Crippen LogP contribution < -0.4 is 14.4 Å². The van der Waals surface area contributed by atoms with Crippen molar-refractivity contribution < 1.29 is 13.9 Å². The van der Waals surface area contributed by atoms with E-state index in [9.17, 15) is 4.39 Å². The molecule has 4 aromatic rings. The first-order chi connectivity index (χ1) is 17.7. The molecule has 0 bridgehead atoms. The molecule has 3 aromatic carbocycles. The standard InChI is InChI=1S/C27H29FN6O2/c1-35-23-12-13-25(36-2)24(18-23)26(27-29-30-31-34(27)19-20-6-4-3-5-7-20)33-16-14-32(15-17-33)22-10-8-21(28)9-11-22/h3-13,18,26H,14-17,19H2,1-2H3/t26-/m0/s1. The zero-order valence-corrected chi connectivity index (χ0v) is 20.4. The quantitative estimate of drug-likeness (QED) is 0.374. The van der Waals surface area contributed by atoms with Gasteiger partial charge in [-0.3, -0.25) is 4.90 Å². The highest BCUT2D eigenvalue weighted by molar-refractivity contribution is 5.48. The van der Waals surface area contributed by atoms with Gasteiger partial charge in [0.05, 0.1) is 20.8 Å². The molecule has 0 aliphatic carbocycles. The van der Waals surface area contributed by atoms with Crippen LogP contribution in [0.1, 0.15) is 23.0 Å². The van der Waals surface area contributed by atoms with Crippen LogP contribution in [0.4, 0.5) is 10.1 Å². The molecule has 9 heteroatoms. The SMILES string of the molecule is COc1ccc(OC)c([C@@H](c2nnnn2Cc2ccccc2)N2CCN(c3ccc(F)cc3)CC2)c1. The number of rotatable bonds is 8. The maximum atomic E-state index is 13.4. The van der Waals surface area contributed by atoms with Gasteiger partial charge in [-0.15, -0.1) is 5.10 Å². The van der Waals surface area contributed by atoms with Crippen molar-refractivity contribution in [2.75, 3.05) is 45.3 Å². The molecule has 1 fully saturated rings. The number of ether oxygens (including phenoxy) is 2. The highest BCUT2D eigenvalue weighted by atomic mass is 19.1. The molecule has 2 heterocycles. The summed E-state index contributed by atoms with van der Waals surface area (Å²) in [5.74, 6) is 1.99. The number of nitrogens with zero attached hydrogens (tertiary/aromatic N) is 6. The summed E-state index contributed by atoms with van der Waals surface area (Å²) in [5.41, 5.74) is 3.07. The molecule has 1 atom stereocenters. The zero-order chi connectivity index (χ0) is 24.9. The van der Waals surface area contributed by atoms with Gasteiger partial charge < -0.3 is 14.4 Å². The number of hydrogen-bond acceptors (Lipinski definition) is 7. The summed E-state index contributed by atoms with van der Waals surface area (Å²) < 4.78 is 26.6. The molecule has 0 amide bonds. The van der Waals surface area contributed by atoms with Gasteiger partial charge in [-0.2, -0.15) is 0 Å². The van der Waals surface area contributed by atoms with Crippen LogP contribution in [-0.2, 0) is 6.54 Å². The number of methoxy groups -OCH3 is 2. The van der Waals surface area contributed by atoms with E-state index < -0.39 is 0 Å². The second kappa shape index (κ2) is 10.7. The fourth-order valence-electron chi connectivity index (χ4n) is 4.72. The molecule has 0 saturated carbocycles. The third-order valence-electron chi connectivity index (χ3n) is 6.58. The molecule has 0 unspecified atom stereocenters. The maximum absolute atomic E-state index is 13.4.